The fraction of sp³-hybridized carbons (Fsp3) is 0.0417. The number of fused-ring (bicyclic) bond motifs is 1. The van der Waals surface area contributed by atoms with Crippen molar-refractivity contribution in [1.29, 1.82) is 0 Å². The van der Waals surface area contributed by atoms with Crippen molar-refractivity contribution in [3.63, 3.8) is 0 Å². The summed E-state index contributed by atoms with van der Waals surface area (Å²) in [5, 5.41) is 9.24. The Labute approximate surface area is 172 Å². The van der Waals surface area contributed by atoms with Crippen LogP contribution in [0, 0.1) is 0 Å². The summed E-state index contributed by atoms with van der Waals surface area (Å²) in [6, 6.07) is 23.6. The number of hydrogen-bond donors (Lipinski definition) is 1. The van der Waals surface area contributed by atoms with E-state index in [9.17, 15) is 9.59 Å². The summed E-state index contributed by atoms with van der Waals surface area (Å²) in [7, 11) is 0. The van der Waals surface area contributed by atoms with Crippen LogP contribution in [0.25, 0.3) is 28.7 Å². The molecule has 6 nitrogen and oxygen atoms in total. The largest absolute Gasteiger partial charge is 0.482 e. The van der Waals surface area contributed by atoms with E-state index in [4.69, 9.17) is 9.84 Å². The van der Waals surface area contributed by atoms with Crippen LogP contribution in [0.5, 0.6) is 5.75 Å². The number of carbonyl (C=O) groups is 1. The van der Waals surface area contributed by atoms with Crippen LogP contribution in [0.4, 0.5) is 0 Å². The molecule has 0 saturated carbocycles. The Kier molecular flexibility index (Phi) is 5.39. The Hall–Kier alpha value is -4.19. The molecule has 0 bridgehead atoms. The molecule has 4 rings (SSSR count). The lowest BCUT2D eigenvalue weighted by atomic mass is 10.2. The SMILES string of the molecule is O=C(O)COc1ccc(/C=C/c2nc3ccccc3c(=O)n2-c2ccccc2)cc1. The molecule has 30 heavy (non-hydrogen) atoms. The Morgan fingerprint density at radius 1 is 0.933 bits per heavy atom. The minimum atomic E-state index is -1.03. The van der Waals surface area contributed by atoms with Crippen molar-refractivity contribution in [3.05, 3.63) is 101 Å². The van der Waals surface area contributed by atoms with Crippen molar-refractivity contribution < 1.29 is 14.6 Å². The van der Waals surface area contributed by atoms with Crippen LogP contribution in [-0.4, -0.2) is 27.2 Å². The van der Waals surface area contributed by atoms with E-state index in [2.05, 4.69) is 4.98 Å². The molecule has 0 fully saturated rings. The molecule has 0 unspecified atom stereocenters. The van der Waals surface area contributed by atoms with Crippen LogP contribution in [-0.2, 0) is 4.79 Å². The molecule has 1 N–H and O–H groups in total. The second kappa shape index (κ2) is 8.45. The highest BCUT2D eigenvalue weighted by Gasteiger charge is 2.10. The van der Waals surface area contributed by atoms with Gasteiger partial charge in [0.2, 0.25) is 0 Å². The average Bonchev–Trinajstić information content (AvgIpc) is 2.77. The molecule has 0 amide bonds. The molecule has 4 aromatic rings. The van der Waals surface area contributed by atoms with Gasteiger partial charge in [-0.05, 0) is 48.0 Å². The molecule has 0 aliphatic rings. The van der Waals surface area contributed by atoms with E-state index in [0.29, 0.717) is 22.5 Å². The van der Waals surface area contributed by atoms with Gasteiger partial charge in [-0.1, -0.05) is 48.5 Å². The topological polar surface area (TPSA) is 81.4 Å². The third kappa shape index (κ3) is 4.12. The summed E-state index contributed by atoms with van der Waals surface area (Å²) in [5.41, 5.74) is 2.09. The molecule has 0 radical (unpaired) electrons. The third-order valence-electron chi connectivity index (χ3n) is 4.48. The van der Waals surface area contributed by atoms with Crippen LogP contribution < -0.4 is 10.3 Å². The second-order valence-electron chi connectivity index (χ2n) is 6.55. The van der Waals surface area contributed by atoms with E-state index in [1.165, 1.54) is 0 Å². The number of carboxylic acid groups (broad SMARTS) is 1. The average molecular weight is 398 g/mol. The summed E-state index contributed by atoms with van der Waals surface area (Å²) < 4.78 is 6.73. The first-order valence-corrected chi connectivity index (χ1v) is 9.32. The Bertz CT molecular complexity index is 1280. The van der Waals surface area contributed by atoms with E-state index in [1.54, 1.807) is 41.0 Å². The zero-order valence-electron chi connectivity index (χ0n) is 15.9. The number of para-hydroxylation sites is 2. The van der Waals surface area contributed by atoms with Crippen molar-refractivity contribution in [2.24, 2.45) is 0 Å². The molecule has 0 aliphatic heterocycles. The van der Waals surface area contributed by atoms with Gasteiger partial charge in [0.25, 0.3) is 5.56 Å². The van der Waals surface area contributed by atoms with Gasteiger partial charge in [-0.25, -0.2) is 9.78 Å². The van der Waals surface area contributed by atoms with Gasteiger partial charge in [0.05, 0.1) is 16.6 Å². The van der Waals surface area contributed by atoms with Crippen molar-refractivity contribution in [1.82, 2.24) is 9.55 Å². The quantitative estimate of drug-likeness (QED) is 0.531. The van der Waals surface area contributed by atoms with Crippen molar-refractivity contribution >= 4 is 29.0 Å². The van der Waals surface area contributed by atoms with E-state index in [-0.39, 0.29) is 12.2 Å². The fourth-order valence-corrected chi connectivity index (χ4v) is 3.08. The van der Waals surface area contributed by atoms with Crippen LogP contribution in [0.15, 0.2) is 83.7 Å². The number of ether oxygens (including phenoxy) is 1. The maximum Gasteiger partial charge on any atom is 0.341 e. The van der Waals surface area contributed by atoms with Crippen LogP contribution in [0.3, 0.4) is 0 Å². The second-order valence-corrected chi connectivity index (χ2v) is 6.55. The molecule has 1 aromatic heterocycles. The number of rotatable bonds is 6. The Morgan fingerprint density at radius 3 is 2.37 bits per heavy atom. The number of hydrogen-bond acceptors (Lipinski definition) is 4. The highest BCUT2D eigenvalue weighted by Crippen LogP contribution is 2.17. The molecular formula is C24H18N2O4. The van der Waals surface area contributed by atoms with E-state index in [1.807, 2.05) is 54.6 Å². The van der Waals surface area contributed by atoms with Crippen LogP contribution >= 0.6 is 0 Å². The van der Waals surface area contributed by atoms with Crippen molar-refractivity contribution in [3.8, 4) is 11.4 Å². The number of aliphatic carboxylic acids is 1. The standard InChI is InChI=1S/C24H18N2O4/c27-23(28)16-30-19-13-10-17(11-14-19)12-15-22-25-21-9-5-4-8-20(21)24(29)26(22)18-6-2-1-3-7-18/h1-15H,16H2,(H,27,28)/b15-12+. The first-order valence-electron chi connectivity index (χ1n) is 9.32. The molecule has 148 valence electrons. The van der Waals surface area contributed by atoms with Gasteiger partial charge >= 0.3 is 5.97 Å². The highest BCUT2D eigenvalue weighted by atomic mass is 16.5. The first kappa shape index (κ1) is 19.1. The summed E-state index contributed by atoms with van der Waals surface area (Å²) in [4.78, 5) is 28.4. The lowest BCUT2D eigenvalue weighted by molar-refractivity contribution is -0.139. The smallest absolute Gasteiger partial charge is 0.341 e. The lowest BCUT2D eigenvalue weighted by Gasteiger charge is -2.11. The maximum absolute atomic E-state index is 13.2. The predicted molar refractivity (Wildman–Crippen MR) is 116 cm³/mol. The third-order valence-corrected chi connectivity index (χ3v) is 4.48. The molecule has 3 aromatic carbocycles. The van der Waals surface area contributed by atoms with Gasteiger partial charge in [-0.2, -0.15) is 0 Å². The first-order chi connectivity index (χ1) is 14.6. The minimum Gasteiger partial charge on any atom is -0.482 e. The van der Waals surface area contributed by atoms with E-state index >= 15 is 0 Å². The number of nitrogens with zero attached hydrogens (tertiary/aromatic N) is 2. The fourth-order valence-electron chi connectivity index (χ4n) is 3.08. The molecule has 0 saturated heterocycles. The molecule has 0 spiro atoms. The van der Waals surface area contributed by atoms with E-state index < -0.39 is 5.97 Å². The normalized spacial score (nSPS) is 11.1. The molecule has 6 heteroatoms. The summed E-state index contributed by atoms with van der Waals surface area (Å²) >= 11 is 0. The number of aromatic nitrogens is 2. The van der Waals surface area contributed by atoms with Gasteiger partial charge in [0, 0.05) is 0 Å². The van der Waals surface area contributed by atoms with Gasteiger partial charge < -0.3 is 9.84 Å². The maximum atomic E-state index is 13.2. The van der Waals surface area contributed by atoms with Gasteiger partial charge in [0.1, 0.15) is 11.6 Å². The van der Waals surface area contributed by atoms with E-state index in [0.717, 1.165) is 11.3 Å². The van der Waals surface area contributed by atoms with Crippen LogP contribution in [0.2, 0.25) is 0 Å². The Balaban J connectivity index is 1.73. The predicted octanol–water partition coefficient (Wildman–Crippen LogP) is 4.02. The van der Waals surface area contributed by atoms with Crippen molar-refractivity contribution in [2.75, 3.05) is 6.61 Å². The van der Waals surface area contributed by atoms with Crippen molar-refractivity contribution in [2.45, 2.75) is 0 Å². The lowest BCUT2D eigenvalue weighted by Crippen LogP contribution is -2.22. The zero-order valence-corrected chi connectivity index (χ0v) is 15.9. The zero-order chi connectivity index (χ0) is 20.9. The molecule has 0 aliphatic carbocycles. The number of benzene rings is 3. The van der Waals surface area contributed by atoms with Crippen LogP contribution in [0.1, 0.15) is 11.4 Å². The molecular weight excluding hydrogens is 380 g/mol. The minimum absolute atomic E-state index is 0.135. The highest BCUT2D eigenvalue weighted by molar-refractivity contribution is 5.80. The summed E-state index contributed by atoms with van der Waals surface area (Å²) in [6.07, 6.45) is 3.63. The summed E-state index contributed by atoms with van der Waals surface area (Å²) in [6.45, 7) is -0.389. The van der Waals surface area contributed by atoms with Gasteiger partial charge in [-0.3, -0.25) is 9.36 Å². The monoisotopic (exact) mass is 398 g/mol. The molecule has 1 heterocycles. The molecule has 0 atom stereocenters. The van der Waals surface area contributed by atoms with Gasteiger partial charge in [-0.15, -0.1) is 0 Å². The Morgan fingerprint density at radius 2 is 1.63 bits per heavy atom. The van der Waals surface area contributed by atoms with Gasteiger partial charge in [0.15, 0.2) is 6.61 Å². The summed E-state index contributed by atoms with van der Waals surface area (Å²) in [5.74, 6) is -0.0455. The number of carboxylic acids is 1.